The summed E-state index contributed by atoms with van der Waals surface area (Å²) in [5, 5.41) is 6.18. The minimum absolute atomic E-state index is 0.0646. The van der Waals surface area contributed by atoms with Crippen LogP contribution in [-0.4, -0.2) is 19.1 Å². The van der Waals surface area contributed by atoms with Gasteiger partial charge in [-0.1, -0.05) is 0 Å². The zero-order chi connectivity index (χ0) is 15.5. The highest BCUT2D eigenvalue weighted by Gasteiger charge is 2.23. The summed E-state index contributed by atoms with van der Waals surface area (Å²) in [6.45, 7) is 0. The number of carbonyl (C=O) groups is 1. The van der Waals surface area contributed by atoms with Crippen LogP contribution in [0.25, 0.3) is 0 Å². The molecule has 0 radical (unpaired) electrons. The van der Waals surface area contributed by atoms with Crippen LogP contribution in [-0.2, 0) is 0 Å². The van der Waals surface area contributed by atoms with Gasteiger partial charge in [-0.3, -0.25) is 4.79 Å². The first-order valence-corrected chi connectivity index (χ1v) is 7.27. The van der Waals surface area contributed by atoms with E-state index >= 15 is 0 Å². The minimum atomic E-state index is -0.0646. The van der Waals surface area contributed by atoms with Gasteiger partial charge in [0.05, 0.1) is 18.5 Å². The molecule has 0 aromatic heterocycles. The van der Waals surface area contributed by atoms with E-state index in [1.54, 1.807) is 19.2 Å². The average molecular weight is 297 g/mol. The molecule has 0 saturated heterocycles. The predicted molar refractivity (Wildman–Crippen MR) is 87.6 cm³/mol. The highest BCUT2D eigenvalue weighted by Crippen LogP contribution is 2.26. The molecule has 114 valence electrons. The quantitative estimate of drug-likeness (QED) is 0.742. The van der Waals surface area contributed by atoms with Crippen molar-refractivity contribution in [2.24, 2.45) is 0 Å². The average Bonchev–Trinajstić information content (AvgIpc) is 3.34. The van der Waals surface area contributed by atoms with E-state index in [0.29, 0.717) is 17.3 Å². The molecule has 0 spiro atoms. The van der Waals surface area contributed by atoms with Gasteiger partial charge in [0, 0.05) is 17.3 Å². The van der Waals surface area contributed by atoms with E-state index in [-0.39, 0.29) is 5.91 Å². The Kier molecular flexibility index (Phi) is 3.87. The summed E-state index contributed by atoms with van der Waals surface area (Å²) >= 11 is 0. The summed E-state index contributed by atoms with van der Waals surface area (Å²) in [5.74, 6) is 0.732. The number of benzene rings is 2. The Hall–Kier alpha value is -2.69. The Bertz CT molecular complexity index is 679. The van der Waals surface area contributed by atoms with Gasteiger partial charge >= 0.3 is 0 Å². The van der Waals surface area contributed by atoms with Crippen LogP contribution >= 0.6 is 0 Å². The molecule has 2 aromatic carbocycles. The lowest BCUT2D eigenvalue weighted by Gasteiger charge is -2.11. The summed E-state index contributed by atoms with van der Waals surface area (Å²) in [6.07, 6.45) is 2.14. The third-order valence-electron chi connectivity index (χ3n) is 3.60. The lowest BCUT2D eigenvalue weighted by molar-refractivity contribution is 0.0951. The molecule has 0 bridgehead atoms. The third-order valence-corrected chi connectivity index (χ3v) is 3.60. The fraction of sp³-hybridized carbons (Fsp3) is 0.235. The van der Waals surface area contributed by atoms with Crippen molar-refractivity contribution in [1.82, 2.24) is 5.32 Å². The lowest BCUT2D eigenvalue weighted by atomic mass is 10.1. The van der Waals surface area contributed by atoms with Gasteiger partial charge in [0.15, 0.2) is 0 Å². The number of anilines is 3. The molecular weight excluding hydrogens is 278 g/mol. The fourth-order valence-electron chi connectivity index (χ4n) is 2.14. The second-order valence-corrected chi connectivity index (χ2v) is 5.40. The molecule has 3 rings (SSSR count). The van der Waals surface area contributed by atoms with E-state index in [4.69, 9.17) is 10.5 Å². The molecule has 1 saturated carbocycles. The van der Waals surface area contributed by atoms with Gasteiger partial charge in [0.2, 0.25) is 0 Å². The van der Waals surface area contributed by atoms with Crippen molar-refractivity contribution in [3.8, 4) is 5.75 Å². The molecule has 1 amide bonds. The Morgan fingerprint density at radius 3 is 2.50 bits per heavy atom. The van der Waals surface area contributed by atoms with Crippen molar-refractivity contribution in [2.45, 2.75) is 18.9 Å². The van der Waals surface area contributed by atoms with Crippen LogP contribution < -0.4 is 21.1 Å². The summed E-state index contributed by atoms with van der Waals surface area (Å²) < 4.78 is 5.12. The maximum atomic E-state index is 12.0. The normalized spacial score (nSPS) is 13.5. The standard InChI is InChI=1S/C17H19N3O2/c1-22-14-7-5-12(6-8-14)19-16-9-2-11(10-15(16)18)17(21)20-13-3-4-13/h2,5-10,13,19H,3-4,18H2,1H3,(H,20,21). The SMILES string of the molecule is COc1ccc(Nc2ccc(C(=O)NC3CC3)cc2N)cc1. The van der Waals surface area contributed by atoms with Crippen LogP contribution in [0.5, 0.6) is 5.75 Å². The number of hydrogen-bond acceptors (Lipinski definition) is 4. The molecule has 1 aliphatic carbocycles. The van der Waals surface area contributed by atoms with Gasteiger partial charge < -0.3 is 21.1 Å². The van der Waals surface area contributed by atoms with Crippen LogP contribution in [0.4, 0.5) is 17.1 Å². The zero-order valence-electron chi connectivity index (χ0n) is 12.4. The third kappa shape index (κ3) is 3.31. The van der Waals surface area contributed by atoms with E-state index in [1.807, 2.05) is 30.3 Å². The van der Waals surface area contributed by atoms with Gasteiger partial charge in [-0.25, -0.2) is 0 Å². The molecule has 5 nitrogen and oxygen atoms in total. The van der Waals surface area contributed by atoms with Crippen molar-refractivity contribution >= 4 is 23.0 Å². The number of nitrogen functional groups attached to an aromatic ring is 1. The number of ether oxygens (including phenoxy) is 1. The molecular formula is C17H19N3O2. The molecule has 0 aliphatic heterocycles. The monoisotopic (exact) mass is 297 g/mol. The summed E-state index contributed by atoms with van der Waals surface area (Å²) in [5.41, 5.74) is 8.85. The number of nitrogens with two attached hydrogens (primary N) is 1. The van der Waals surface area contributed by atoms with E-state index in [9.17, 15) is 4.79 Å². The maximum Gasteiger partial charge on any atom is 0.251 e. The molecule has 0 unspecified atom stereocenters. The van der Waals surface area contributed by atoms with Crippen molar-refractivity contribution in [3.05, 3.63) is 48.0 Å². The van der Waals surface area contributed by atoms with E-state index in [0.717, 1.165) is 30.0 Å². The van der Waals surface area contributed by atoms with Gasteiger partial charge in [-0.15, -0.1) is 0 Å². The molecule has 4 N–H and O–H groups in total. The minimum Gasteiger partial charge on any atom is -0.497 e. The van der Waals surface area contributed by atoms with Crippen molar-refractivity contribution in [2.75, 3.05) is 18.2 Å². The summed E-state index contributed by atoms with van der Waals surface area (Å²) in [7, 11) is 1.63. The van der Waals surface area contributed by atoms with Gasteiger partial charge in [0.1, 0.15) is 5.75 Å². The van der Waals surface area contributed by atoms with Crippen molar-refractivity contribution in [3.63, 3.8) is 0 Å². The molecule has 5 heteroatoms. The predicted octanol–water partition coefficient (Wildman–Crippen LogP) is 2.91. The Labute approximate surface area is 129 Å². The van der Waals surface area contributed by atoms with Gasteiger partial charge in [0.25, 0.3) is 5.91 Å². The molecule has 0 atom stereocenters. The van der Waals surface area contributed by atoms with Crippen LogP contribution in [0.2, 0.25) is 0 Å². The Morgan fingerprint density at radius 1 is 1.18 bits per heavy atom. The van der Waals surface area contributed by atoms with E-state index < -0.39 is 0 Å². The second kappa shape index (κ2) is 5.97. The first-order chi connectivity index (χ1) is 10.7. The lowest BCUT2D eigenvalue weighted by Crippen LogP contribution is -2.25. The fourth-order valence-corrected chi connectivity index (χ4v) is 2.14. The zero-order valence-corrected chi connectivity index (χ0v) is 12.4. The molecule has 22 heavy (non-hydrogen) atoms. The van der Waals surface area contributed by atoms with Gasteiger partial charge in [-0.2, -0.15) is 0 Å². The largest absolute Gasteiger partial charge is 0.497 e. The Morgan fingerprint density at radius 2 is 1.91 bits per heavy atom. The first kappa shape index (κ1) is 14.3. The van der Waals surface area contributed by atoms with Crippen molar-refractivity contribution in [1.29, 1.82) is 0 Å². The summed E-state index contributed by atoms with van der Waals surface area (Å²) in [4.78, 5) is 12.0. The van der Waals surface area contributed by atoms with Gasteiger partial charge in [-0.05, 0) is 55.3 Å². The number of carbonyl (C=O) groups excluding carboxylic acids is 1. The highest BCUT2D eigenvalue weighted by atomic mass is 16.5. The van der Waals surface area contributed by atoms with E-state index in [1.165, 1.54) is 0 Å². The van der Waals surface area contributed by atoms with Crippen LogP contribution in [0.3, 0.4) is 0 Å². The number of nitrogens with one attached hydrogen (secondary N) is 2. The number of methoxy groups -OCH3 is 1. The molecule has 2 aromatic rings. The number of hydrogen-bond donors (Lipinski definition) is 3. The van der Waals surface area contributed by atoms with E-state index in [2.05, 4.69) is 10.6 Å². The second-order valence-electron chi connectivity index (χ2n) is 5.40. The van der Waals surface area contributed by atoms with Crippen molar-refractivity contribution < 1.29 is 9.53 Å². The topological polar surface area (TPSA) is 76.4 Å². The Balaban J connectivity index is 1.71. The van der Waals surface area contributed by atoms with Crippen LogP contribution in [0.15, 0.2) is 42.5 Å². The van der Waals surface area contributed by atoms with Crippen LogP contribution in [0, 0.1) is 0 Å². The first-order valence-electron chi connectivity index (χ1n) is 7.27. The smallest absolute Gasteiger partial charge is 0.251 e. The highest BCUT2D eigenvalue weighted by molar-refractivity contribution is 5.96. The maximum absolute atomic E-state index is 12.0. The molecule has 1 aliphatic rings. The number of amides is 1. The summed E-state index contributed by atoms with van der Waals surface area (Å²) in [6, 6.07) is 13.2. The number of rotatable bonds is 5. The van der Waals surface area contributed by atoms with Crippen LogP contribution in [0.1, 0.15) is 23.2 Å². The molecule has 0 heterocycles. The molecule has 1 fully saturated rings.